The van der Waals surface area contributed by atoms with Crippen LogP contribution in [0.15, 0.2) is 191 Å². The number of benzene rings is 10. The largest absolute Gasteiger partial charge is 0.456 e. The van der Waals surface area contributed by atoms with Gasteiger partial charge in [0.05, 0.1) is 0 Å². The quantitative estimate of drug-likeness (QED) is 0.172. The Hall–Kier alpha value is -7.16. The van der Waals surface area contributed by atoms with E-state index < -0.39 is 0 Å². The molecule has 2 nitrogen and oxygen atoms in total. The molecule has 250 valence electrons. The van der Waals surface area contributed by atoms with E-state index in [-0.39, 0.29) is 0 Å². The van der Waals surface area contributed by atoms with Crippen LogP contribution in [0.5, 0.6) is 0 Å². The summed E-state index contributed by atoms with van der Waals surface area (Å²) >= 11 is 0. The molecule has 0 saturated carbocycles. The minimum atomic E-state index is 0.863. The first-order valence-corrected chi connectivity index (χ1v) is 18.5. The van der Waals surface area contributed by atoms with Crippen molar-refractivity contribution < 1.29 is 8.83 Å². The van der Waals surface area contributed by atoms with Crippen LogP contribution < -0.4 is 0 Å². The molecule has 2 heterocycles. The summed E-state index contributed by atoms with van der Waals surface area (Å²) in [6.07, 6.45) is 0. The molecule has 12 aromatic rings. The molecule has 54 heavy (non-hydrogen) atoms. The first-order chi connectivity index (χ1) is 26.8. The average molecular weight is 687 g/mol. The molecule has 0 N–H and O–H groups in total. The second-order valence-electron chi connectivity index (χ2n) is 14.4. The Morgan fingerprint density at radius 2 is 0.611 bits per heavy atom. The van der Waals surface area contributed by atoms with E-state index in [1.165, 1.54) is 65.3 Å². The van der Waals surface area contributed by atoms with Gasteiger partial charge in [-0.3, -0.25) is 0 Å². The zero-order chi connectivity index (χ0) is 35.3. The van der Waals surface area contributed by atoms with E-state index in [1.807, 2.05) is 12.1 Å². The molecule has 0 aliphatic carbocycles. The van der Waals surface area contributed by atoms with Crippen LogP contribution in [0.25, 0.3) is 121 Å². The van der Waals surface area contributed by atoms with E-state index in [0.717, 1.165) is 55.4 Å². The van der Waals surface area contributed by atoms with Gasteiger partial charge in [0.15, 0.2) is 0 Å². The number of para-hydroxylation sites is 2. The fourth-order valence-electron chi connectivity index (χ4n) is 9.00. The van der Waals surface area contributed by atoms with Crippen LogP contribution in [-0.2, 0) is 0 Å². The lowest BCUT2D eigenvalue weighted by Crippen LogP contribution is -1.94. The van der Waals surface area contributed by atoms with Crippen molar-refractivity contribution in [2.45, 2.75) is 0 Å². The third kappa shape index (κ3) is 4.22. The van der Waals surface area contributed by atoms with Gasteiger partial charge in [0.25, 0.3) is 0 Å². The van der Waals surface area contributed by atoms with Gasteiger partial charge in [-0.05, 0) is 113 Å². The van der Waals surface area contributed by atoms with Gasteiger partial charge in [-0.15, -0.1) is 0 Å². The summed E-state index contributed by atoms with van der Waals surface area (Å²) in [4.78, 5) is 0. The summed E-state index contributed by atoms with van der Waals surface area (Å²) in [6, 6.07) is 65.6. The molecule has 0 saturated heterocycles. The highest BCUT2D eigenvalue weighted by Crippen LogP contribution is 2.50. The van der Waals surface area contributed by atoms with Crippen LogP contribution in [-0.4, -0.2) is 0 Å². The summed E-state index contributed by atoms with van der Waals surface area (Å²) < 4.78 is 13.4. The minimum absolute atomic E-state index is 0.863. The molecule has 0 unspecified atom stereocenters. The van der Waals surface area contributed by atoms with Crippen LogP contribution in [0.3, 0.4) is 0 Å². The third-order valence-corrected chi connectivity index (χ3v) is 11.4. The molecule has 0 aliphatic heterocycles. The number of hydrogen-bond acceptors (Lipinski definition) is 2. The normalized spacial score (nSPS) is 12.1. The van der Waals surface area contributed by atoms with Gasteiger partial charge < -0.3 is 8.83 Å². The standard InChI is InChI=1S/C52H30O2/c1-5-17-35-31(11-1)15-9-19-37(35)43-29-45(49-27-33-13-3-7-21-47(33)53-49)41-26-24-40-44(38-20-10-16-32-12-2-6-18-36(32)38)30-46(42-25-23-39(43)51(41)52(40)42)50-28-34-14-4-8-22-48(34)54-50/h1-30H. The highest BCUT2D eigenvalue weighted by atomic mass is 16.3. The summed E-state index contributed by atoms with van der Waals surface area (Å²) in [5, 5.41) is 14.3. The maximum atomic E-state index is 6.68. The Bertz CT molecular complexity index is 3140. The molecule has 0 bridgehead atoms. The van der Waals surface area contributed by atoms with Gasteiger partial charge in [0, 0.05) is 21.9 Å². The molecule has 0 aliphatic rings. The molecule has 0 atom stereocenters. The first kappa shape index (κ1) is 29.4. The fraction of sp³-hybridized carbons (Fsp3) is 0. The van der Waals surface area contributed by atoms with Crippen molar-refractivity contribution in [3.63, 3.8) is 0 Å². The van der Waals surface area contributed by atoms with E-state index in [9.17, 15) is 0 Å². The monoisotopic (exact) mass is 686 g/mol. The average Bonchev–Trinajstić information content (AvgIpc) is 3.87. The number of hydrogen-bond donors (Lipinski definition) is 0. The summed E-state index contributed by atoms with van der Waals surface area (Å²) in [5.74, 6) is 1.73. The van der Waals surface area contributed by atoms with Crippen molar-refractivity contribution in [1.82, 2.24) is 0 Å². The number of furan rings is 2. The summed E-state index contributed by atoms with van der Waals surface area (Å²) in [6.45, 7) is 0. The lowest BCUT2D eigenvalue weighted by molar-refractivity contribution is 0.632. The number of rotatable bonds is 4. The molecule has 0 fully saturated rings. The van der Waals surface area contributed by atoms with E-state index >= 15 is 0 Å². The lowest BCUT2D eigenvalue weighted by Gasteiger charge is -2.21. The van der Waals surface area contributed by atoms with Crippen LogP contribution >= 0.6 is 0 Å². The zero-order valence-electron chi connectivity index (χ0n) is 29.1. The predicted molar refractivity (Wildman–Crippen MR) is 226 cm³/mol. The Labute approximate surface area is 310 Å². The van der Waals surface area contributed by atoms with Crippen molar-refractivity contribution in [2.24, 2.45) is 0 Å². The zero-order valence-corrected chi connectivity index (χ0v) is 29.1. The maximum Gasteiger partial charge on any atom is 0.136 e. The molecule has 2 aromatic heterocycles. The molecule has 12 rings (SSSR count). The van der Waals surface area contributed by atoms with Crippen molar-refractivity contribution >= 4 is 75.8 Å². The van der Waals surface area contributed by atoms with Gasteiger partial charge in [-0.1, -0.05) is 146 Å². The molecule has 0 radical (unpaired) electrons. The Morgan fingerprint density at radius 3 is 1.06 bits per heavy atom. The van der Waals surface area contributed by atoms with Crippen molar-refractivity contribution in [1.29, 1.82) is 0 Å². The van der Waals surface area contributed by atoms with Crippen LogP contribution in [0.4, 0.5) is 0 Å². The number of fused-ring (bicyclic) bond motifs is 4. The molecule has 2 heteroatoms. The topological polar surface area (TPSA) is 26.3 Å². The second kappa shape index (κ2) is 11.2. The third-order valence-electron chi connectivity index (χ3n) is 11.4. The van der Waals surface area contributed by atoms with E-state index in [1.54, 1.807) is 0 Å². The molecule has 0 amide bonds. The smallest absolute Gasteiger partial charge is 0.136 e. The van der Waals surface area contributed by atoms with Gasteiger partial charge in [0.1, 0.15) is 22.7 Å². The van der Waals surface area contributed by atoms with E-state index in [2.05, 4.69) is 170 Å². The van der Waals surface area contributed by atoms with Crippen LogP contribution in [0.2, 0.25) is 0 Å². The van der Waals surface area contributed by atoms with E-state index in [4.69, 9.17) is 8.83 Å². The lowest BCUT2D eigenvalue weighted by atomic mass is 9.82. The first-order valence-electron chi connectivity index (χ1n) is 18.5. The molecule has 0 spiro atoms. The predicted octanol–water partition coefficient (Wildman–Crippen LogP) is 15.1. The van der Waals surface area contributed by atoms with Gasteiger partial charge in [-0.25, -0.2) is 0 Å². The van der Waals surface area contributed by atoms with Gasteiger partial charge in [0.2, 0.25) is 0 Å². The molecule has 10 aromatic carbocycles. The van der Waals surface area contributed by atoms with Crippen LogP contribution in [0.1, 0.15) is 0 Å². The SMILES string of the molecule is c1ccc2oc(-c3cc(-c4cccc5ccccc45)c4ccc5c(-c6cc7ccccc7o6)cc(-c6cccc7ccccc67)c6ccc3c4c56)cc2c1. The Balaban J connectivity index is 1.28. The summed E-state index contributed by atoms with van der Waals surface area (Å²) in [7, 11) is 0. The Morgan fingerprint density at radius 1 is 0.241 bits per heavy atom. The second-order valence-corrected chi connectivity index (χ2v) is 14.4. The van der Waals surface area contributed by atoms with E-state index in [0.29, 0.717) is 0 Å². The van der Waals surface area contributed by atoms with Gasteiger partial charge >= 0.3 is 0 Å². The van der Waals surface area contributed by atoms with Crippen molar-refractivity contribution in [2.75, 3.05) is 0 Å². The molecular formula is C52H30O2. The fourth-order valence-corrected chi connectivity index (χ4v) is 9.00. The maximum absolute atomic E-state index is 6.68. The van der Waals surface area contributed by atoms with Crippen LogP contribution in [0, 0.1) is 0 Å². The highest BCUT2D eigenvalue weighted by molar-refractivity contribution is 6.32. The molecular weight excluding hydrogens is 657 g/mol. The van der Waals surface area contributed by atoms with Crippen molar-refractivity contribution in [3.8, 4) is 44.9 Å². The van der Waals surface area contributed by atoms with Crippen molar-refractivity contribution in [3.05, 3.63) is 182 Å². The van der Waals surface area contributed by atoms with Gasteiger partial charge in [-0.2, -0.15) is 0 Å². The highest BCUT2D eigenvalue weighted by Gasteiger charge is 2.24. The Kier molecular flexibility index (Phi) is 6.09. The summed E-state index contributed by atoms with van der Waals surface area (Å²) in [5.41, 5.74) is 8.71. The minimum Gasteiger partial charge on any atom is -0.456 e.